The van der Waals surface area contributed by atoms with E-state index in [0.29, 0.717) is 0 Å². The number of hydrogen-bond donors (Lipinski definition) is 5. The molecule has 118 valence electrons. The second-order valence-electron chi connectivity index (χ2n) is 4.18. The zero-order chi connectivity index (χ0) is 16.6. The first-order valence-corrected chi connectivity index (χ1v) is 5.87. The van der Waals surface area contributed by atoms with Crippen molar-refractivity contribution in [3.05, 3.63) is 0 Å². The van der Waals surface area contributed by atoms with Crippen molar-refractivity contribution in [2.24, 2.45) is 0 Å². The lowest BCUT2D eigenvalue weighted by molar-refractivity contribution is -0.144. The number of rotatable bonds is 9. The first kappa shape index (κ1) is 18.4. The quantitative estimate of drug-likeness (QED) is 0.339. The lowest BCUT2D eigenvalue weighted by Crippen LogP contribution is -2.52. The van der Waals surface area contributed by atoms with Gasteiger partial charge in [-0.1, -0.05) is 0 Å². The molecule has 0 aromatic heterocycles. The molecular weight excluding hydrogens is 288 g/mol. The Bertz CT molecular complexity index is 432. The van der Waals surface area contributed by atoms with E-state index in [0.717, 1.165) is 6.92 Å². The van der Waals surface area contributed by atoms with Gasteiger partial charge in [-0.15, -0.1) is 0 Å². The van der Waals surface area contributed by atoms with Crippen LogP contribution in [-0.4, -0.2) is 57.1 Å². The maximum Gasteiger partial charge on any atom is 0.326 e. The summed E-state index contributed by atoms with van der Waals surface area (Å²) in [5.41, 5.74) is 0. The van der Waals surface area contributed by atoms with Crippen molar-refractivity contribution in [3.8, 4) is 0 Å². The topological polar surface area (TPSA) is 170 Å². The predicted molar refractivity (Wildman–Crippen MR) is 66.3 cm³/mol. The van der Waals surface area contributed by atoms with Gasteiger partial charge in [0.05, 0.1) is 6.42 Å². The summed E-state index contributed by atoms with van der Waals surface area (Å²) in [6, 6.07) is -2.93. The monoisotopic (exact) mass is 304 g/mol. The third kappa shape index (κ3) is 8.18. The molecule has 0 aliphatic carbocycles. The van der Waals surface area contributed by atoms with E-state index in [1.54, 1.807) is 0 Å². The fourth-order valence-corrected chi connectivity index (χ4v) is 1.43. The smallest absolute Gasteiger partial charge is 0.326 e. The molecule has 0 bridgehead atoms. The normalized spacial score (nSPS) is 12.8. The second-order valence-corrected chi connectivity index (χ2v) is 4.18. The van der Waals surface area contributed by atoms with Crippen LogP contribution in [0.4, 0.5) is 0 Å². The van der Waals surface area contributed by atoms with Crippen LogP contribution in [0.2, 0.25) is 0 Å². The number of aliphatic carboxylic acids is 3. The van der Waals surface area contributed by atoms with Gasteiger partial charge in [-0.05, 0) is 6.42 Å². The van der Waals surface area contributed by atoms with Crippen LogP contribution in [0.3, 0.4) is 0 Å². The van der Waals surface area contributed by atoms with Crippen LogP contribution in [0.25, 0.3) is 0 Å². The van der Waals surface area contributed by atoms with Gasteiger partial charge in [-0.2, -0.15) is 0 Å². The fraction of sp³-hybridized carbons (Fsp3) is 0.545. The summed E-state index contributed by atoms with van der Waals surface area (Å²) in [6.45, 7) is 1.07. The zero-order valence-electron chi connectivity index (χ0n) is 11.2. The van der Waals surface area contributed by atoms with Crippen LogP contribution in [-0.2, 0) is 24.0 Å². The van der Waals surface area contributed by atoms with E-state index < -0.39 is 54.6 Å². The lowest BCUT2D eigenvalue weighted by atomic mass is 10.1. The van der Waals surface area contributed by atoms with Crippen LogP contribution >= 0.6 is 0 Å². The summed E-state index contributed by atoms with van der Waals surface area (Å²) in [7, 11) is 0. The van der Waals surface area contributed by atoms with Crippen LogP contribution in [0.15, 0.2) is 0 Å². The van der Waals surface area contributed by atoms with Gasteiger partial charge >= 0.3 is 17.9 Å². The number of carboxylic acid groups (broad SMARTS) is 3. The molecule has 0 saturated carbocycles. The maximum absolute atomic E-state index is 11.8. The average molecular weight is 304 g/mol. The Hall–Kier alpha value is -2.65. The highest BCUT2D eigenvalue weighted by atomic mass is 16.4. The van der Waals surface area contributed by atoms with E-state index >= 15 is 0 Å². The Balaban J connectivity index is 4.80. The SMILES string of the molecule is CC(=O)NC(CC(=O)O)C(=O)N[C@@H](CCC(=O)O)C(=O)O. The molecule has 0 aromatic carbocycles. The Morgan fingerprint density at radius 2 is 1.48 bits per heavy atom. The third-order valence-electron chi connectivity index (χ3n) is 2.33. The summed E-state index contributed by atoms with van der Waals surface area (Å²) in [6.07, 6.45) is -1.58. The molecule has 1 unspecified atom stereocenters. The van der Waals surface area contributed by atoms with E-state index in [1.165, 1.54) is 0 Å². The second kappa shape index (κ2) is 8.51. The molecule has 0 heterocycles. The van der Waals surface area contributed by atoms with Crippen molar-refractivity contribution in [1.82, 2.24) is 10.6 Å². The molecule has 0 aliphatic rings. The first-order chi connectivity index (χ1) is 9.63. The Morgan fingerprint density at radius 1 is 0.905 bits per heavy atom. The minimum absolute atomic E-state index is 0.365. The van der Waals surface area contributed by atoms with Crippen LogP contribution in [0.5, 0.6) is 0 Å². The first-order valence-electron chi connectivity index (χ1n) is 5.87. The van der Waals surface area contributed by atoms with Gasteiger partial charge in [0.1, 0.15) is 12.1 Å². The molecule has 5 N–H and O–H groups in total. The summed E-state index contributed by atoms with van der Waals surface area (Å²) < 4.78 is 0. The summed E-state index contributed by atoms with van der Waals surface area (Å²) in [5, 5.41) is 30.1. The number of nitrogens with one attached hydrogen (secondary N) is 2. The van der Waals surface area contributed by atoms with Crippen LogP contribution < -0.4 is 10.6 Å². The molecular formula is C11H16N2O8. The van der Waals surface area contributed by atoms with E-state index in [-0.39, 0.29) is 6.42 Å². The molecule has 0 aromatic rings. The molecule has 0 spiro atoms. The van der Waals surface area contributed by atoms with Crippen LogP contribution in [0.1, 0.15) is 26.2 Å². The molecule has 2 atom stereocenters. The van der Waals surface area contributed by atoms with Crippen molar-refractivity contribution in [1.29, 1.82) is 0 Å². The summed E-state index contributed by atoms with van der Waals surface area (Å²) in [5.74, 6) is -5.72. The van der Waals surface area contributed by atoms with Gasteiger partial charge in [0.25, 0.3) is 0 Å². The van der Waals surface area contributed by atoms with Crippen LogP contribution in [0, 0.1) is 0 Å². The van der Waals surface area contributed by atoms with Crippen molar-refractivity contribution in [3.63, 3.8) is 0 Å². The molecule has 0 radical (unpaired) electrons. The third-order valence-corrected chi connectivity index (χ3v) is 2.33. The fourth-order valence-electron chi connectivity index (χ4n) is 1.43. The van der Waals surface area contributed by atoms with Gasteiger partial charge in [-0.25, -0.2) is 4.79 Å². The van der Waals surface area contributed by atoms with Gasteiger partial charge in [0.15, 0.2) is 0 Å². The molecule has 10 nitrogen and oxygen atoms in total. The van der Waals surface area contributed by atoms with Gasteiger partial charge in [-0.3, -0.25) is 19.2 Å². The van der Waals surface area contributed by atoms with Crippen molar-refractivity contribution < 1.29 is 39.3 Å². The highest BCUT2D eigenvalue weighted by Gasteiger charge is 2.27. The van der Waals surface area contributed by atoms with Crippen molar-refractivity contribution in [2.45, 2.75) is 38.3 Å². The highest BCUT2D eigenvalue weighted by molar-refractivity contribution is 5.92. The van der Waals surface area contributed by atoms with E-state index in [9.17, 15) is 24.0 Å². The number of amides is 2. The van der Waals surface area contributed by atoms with E-state index in [2.05, 4.69) is 5.32 Å². The minimum Gasteiger partial charge on any atom is -0.481 e. The molecule has 0 rings (SSSR count). The Labute approximate surface area is 119 Å². The van der Waals surface area contributed by atoms with Gasteiger partial charge < -0.3 is 26.0 Å². The van der Waals surface area contributed by atoms with E-state index in [4.69, 9.17) is 15.3 Å². The number of carbonyl (C=O) groups is 5. The molecule has 0 fully saturated rings. The predicted octanol–water partition coefficient (Wildman–Crippen LogP) is -1.60. The largest absolute Gasteiger partial charge is 0.481 e. The number of carboxylic acids is 3. The van der Waals surface area contributed by atoms with Gasteiger partial charge in [0, 0.05) is 13.3 Å². The average Bonchev–Trinajstić information content (AvgIpc) is 2.31. The maximum atomic E-state index is 11.8. The summed E-state index contributed by atoms with van der Waals surface area (Å²) >= 11 is 0. The molecule has 0 aliphatic heterocycles. The van der Waals surface area contributed by atoms with Crippen molar-refractivity contribution >= 4 is 29.7 Å². The highest BCUT2D eigenvalue weighted by Crippen LogP contribution is 2.01. The molecule has 2 amide bonds. The Morgan fingerprint density at radius 3 is 1.86 bits per heavy atom. The molecule has 21 heavy (non-hydrogen) atoms. The number of hydrogen-bond acceptors (Lipinski definition) is 5. The molecule has 10 heteroatoms. The Kier molecular flexibility index (Phi) is 7.43. The zero-order valence-corrected chi connectivity index (χ0v) is 11.2. The number of carbonyl (C=O) groups excluding carboxylic acids is 2. The minimum atomic E-state index is -1.49. The molecule has 0 saturated heterocycles. The summed E-state index contributed by atoms with van der Waals surface area (Å²) in [4.78, 5) is 54.6. The van der Waals surface area contributed by atoms with Crippen molar-refractivity contribution in [2.75, 3.05) is 0 Å². The van der Waals surface area contributed by atoms with Gasteiger partial charge in [0.2, 0.25) is 11.8 Å². The van der Waals surface area contributed by atoms with E-state index in [1.807, 2.05) is 5.32 Å². The standard InChI is InChI=1S/C11H16N2O8/c1-5(14)12-7(4-9(17)18)10(19)13-6(11(20)21)2-3-8(15)16/h6-7H,2-4H2,1H3,(H,12,14)(H,13,19)(H,15,16)(H,17,18)(H,20,21)/t6-,7?/m0/s1. The lowest BCUT2D eigenvalue weighted by Gasteiger charge is -2.19.